The van der Waals surface area contributed by atoms with Gasteiger partial charge in [0.05, 0.1) is 22.3 Å². The molecule has 3 rings (SSSR count). The first-order valence-electron chi connectivity index (χ1n) is 6.26. The highest BCUT2D eigenvalue weighted by Crippen LogP contribution is 2.32. The van der Waals surface area contributed by atoms with E-state index in [-0.39, 0.29) is 0 Å². The van der Waals surface area contributed by atoms with Gasteiger partial charge in [-0.25, -0.2) is 0 Å². The molecular formula is C15H11F3N2S. The summed E-state index contributed by atoms with van der Waals surface area (Å²) in [6.07, 6.45) is -4.38. The lowest BCUT2D eigenvalue weighted by atomic mass is 10.1. The molecule has 3 aromatic rings. The lowest BCUT2D eigenvalue weighted by molar-refractivity contribution is -0.137. The topological polar surface area (TPSA) is 20.7 Å². The number of halogens is 3. The number of alkyl halides is 3. The van der Waals surface area contributed by atoms with Gasteiger partial charge in [0.15, 0.2) is 4.77 Å². The molecule has 2 aromatic carbocycles. The van der Waals surface area contributed by atoms with Crippen LogP contribution >= 0.6 is 12.2 Å². The van der Waals surface area contributed by atoms with Crippen LogP contribution in [0.1, 0.15) is 11.1 Å². The van der Waals surface area contributed by atoms with Crippen LogP contribution in [0.2, 0.25) is 0 Å². The maximum atomic E-state index is 12.9. The van der Waals surface area contributed by atoms with E-state index in [9.17, 15) is 13.2 Å². The Morgan fingerprint density at radius 3 is 2.52 bits per heavy atom. The summed E-state index contributed by atoms with van der Waals surface area (Å²) in [5.41, 5.74) is 2.02. The molecule has 0 unspecified atom stereocenters. The maximum absolute atomic E-state index is 12.9. The van der Waals surface area contributed by atoms with Gasteiger partial charge in [0.25, 0.3) is 0 Å². The molecule has 0 radical (unpaired) electrons. The summed E-state index contributed by atoms with van der Waals surface area (Å²) in [5, 5.41) is 0. The Hall–Kier alpha value is -2.08. The van der Waals surface area contributed by atoms with Crippen molar-refractivity contribution in [1.29, 1.82) is 0 Å². The van der Waals surface area contributed by atoms with E-state index in [1.165, 1.54) is 6.07 Å². The molecule has 0 aliphatic heterocycles. The van der Waals surface area contributed by atoms with Crippen LogP contribution in [0.4, 0.5) is 13.2 Å². The Balaban J connectivity index is 2.33. The first kappa shape index (κ1) is 13.9. The summed E-state index contributed by atoms with van der Waals surface area (Å²) >= 11 is 5.26. The predicted molar refractivity (Wildman–Crippen MR) is 78.2 cm³/mol. The maximum Gasteiger partial charge on any atom is 0.416 e. The Morgan fingerprint density at radius 2 is 1.81 bits per heavy atom. The third kappa shape index (κ3) is 2.35. The summed E-state index contributed by atoms with van der Waals surface area (Å²) in [7, 11) is 0. The summed E-state index contributed by atoms with van der Waals surface area (Å²) < 4.78 is 40.7. The third-order valence-electron chi connectivity index (χ3n) is 3.37. The zero-order chi connectivity index (χ0) is 15.2. The van der Waals surface area contributed by atoms with Crippen molar-refractivity contribution < 1.29 is 13.2 Å². The highest BCUT2D eigenvalue weighted by atomic mass is 32.1. The lowest BCUT2D eigenvalue weighted by Gasteiger charge is -2.13. The first-order chi connectivity index (χ1) is 9.88. The van der Waals surface area contributed by atoms with Gasteiger partial charge in [0.2, 0.25) is 0 Å². The fraction of sp³-hybridized carbons (Fsp3) is 0.133. The standard InChI is InChI=1S/C15H11F3N2S/c1-9-6-7-10(15(16,17)18)8-13(9)20-12-5-3-2-4-11(12)19-14(20)21/h2-8H,1H3,(H,19,21). The summed E-state index contributed by atoms with van der Waals surface area (Å²) in [6.45, 7) is 1.76. The van der Waals surface area contributed by atoms with Gasteiger partial charge in [-0.3, -0.25) is 4.57 Å². The third-order valence-corrected chi connectivity index (χ3v) is 3.65. The van der Waals surface area contributed by atoms with E-state index >= 15 is 0 Å². The van der Waals surface area contributed by atoms with Gasteiger partial charge in [0.1, 0.15) is 0 Å². The highest BCUT2D eigenvalue weighted by molar-refractivity contribution is 7.71. The second kappa shape index (κ2) is 4.73. The number of fused-ring (bicyclic) bond motifs is 1. The fourth-order valence-electron chi connectivity index (χ4n) is 2.32. The SMILES string of the molecule is Cc1ccc(C(F)(F)F)cc1-n1c(=S)[nH]c2ccccc21. The summed E-state index contributed by atoms with van der Waals surface area (Å²) in [4.78, 5) is 3.01. The largest absolute Gasteiger partial charge is 0.416 e. The minimum atomic E-state index is -4.38. The van der Waals surface area contributed by atoms with Crippen molar-refractivity contribution >= 4 is 23.3 Å². The number of aromatic amines is 1. The second-order valence-electron chi connectivity index (χ2n) is 4.78. The van der Waals surface area contributed by atoms with Crippen molar-refractivity contribution in [3.8, 4) is 5.69 Å². The molecule has 1 heterocycles. The van der Waals surface area contributed by atoms with Crippen LogP contribution in [0.25, 0.3) is 16.7 Å². The molecule has 0 amide bonds. The number of hydrogen-bond acceptors (Lipinski definition) is 1. The molecule has 0 saturated carbocycles. The monoisotopic (exact) mass is 308 g/mol. The quantitative estimate of drug-likeness (QED) is 0.626. The van der Waals surface area contributed by atoms with Crippen molar-refractivity contribution in [2.45, 2.75) is 13.1 Å². The van der Waals surface area contributed by atoms with E-state index in [1.807, 2.05) is 24.3 Å². The van der Waals surface area contributed by atoms with Crippen molar-refractivity contribution in [1.82, 2.24) is 9.55 Å². The fourth-order valence-corrected chi connectivity index (χ4v) is 2.63. The van der Waals surface area contributed by atoms with Crippen molar-refractivity contribution in [3.05, 3.63) is 58.4 Å². The lowest BCUT2D eigenvalue weighted by Crippen LogP contribution is -2.07. The van der Waals surface area contributed by atoms with Crippen LogP contribution < -0.4 is 0 Å². The summed E-state index contributed by atoms with van der Waals surface area (Å²) in [6, 6.07) is 11.0. The average Bonchev–Trinajstić information content (AvgIpc) is 2.74. The number of hydrogen-bond donors (Lipinski definition) is 1. The van der Waals surface area contributed by atoms with Crippen molar-refractivity contribution in [2.75, 3.05) is 0 Å². The zero-order valence-electron chi connectivity index (χ0n) is 11.0. The van der Waals surface area contributed by atoms with E-state index < -0.39 is 11.7 Å². The molecule has 6 heteroatoms. The number of aryl methyl sites for hydroxylation is 1. The minimum absolute atomic E-state index is 0.374. The van der Waals surface area contributed by atoms with Crippen LogP contribution in [0.5, 0.6) is 0 Å². The molecule has 0 aliphatic carbocycles. The van der Waals surface area contributed by atoms with E-state index in [0.29, 0.717) is 10.5 Å². The molecule has 0 bridgehead atoms. The summed E-state index contributed by atoms with van der Waals surface area (Å²) in [5.74, 6) is 0. The predicted octanol–water partition coefficient (Wildman–Crippen LogP) is 5.02. The number of H-pyrrole nitrogens is 1. The van der Waals surface area contributed by atoms with E-state index in [4.69, 9.17) is 12.2 Å². The number of nitrogens with one attached hydrogen (secondary N) is 1. The number of imidazole rings is 1. The van der Waals surface area contributed by atoms with Gasteiger partial charge in [-0.2, -0.15) is 13.2 Å². The number of nitrogens with zero attached hydrogens (tertiary/aromatic N) is 1. The Morgan fingerprint density at radius 1 is 1.10 bits per heavy atom. The van der Waals surface area contributed by atoms with Gasteiger partial charge in [-0.15, -0.1) is 0 Å². The van der Waals surface area contributed by atoms with Crippen LogP contribution in [0.15, 0.2) is 42.5 Å². The first-order valence-corrected chi connectivity index (χ1v) is 6.67. The van der Waals surface area contributed by atoms with Gasteiger partial charge < -0.3 is 4.98 Å². The molecular weight excluding hydrogens is 297 g/mol. The molecule has 0 atom stereocenters. The molecule has 108 valence electrons. The Kier molecular flexibility index (Phi) is 3.13. The van der Waals surface area contributed by atoms with Gasteiger partial charge >= 0.3 is 6.18 Å². The molecule has 1 aromatic heterocycles. The minimum Gasteiger partial charge on any atom is -0.330 e. The molecule has 2 nitrogen and oxygen atoms in total. The smallest absolute Gasteiger partial charge is 0.330 e. The van der Waals surface area contributed by atoms with Gasteiger partial charge in [-0.05, 0) is 49.0 Å². The second-order valence-corrected chi connectivity index (χ2v) is 5.17. The van der Waals surface area contributed by atoms with E-state index in [1.54, 1.807) is 11.5 Å². The number of rotatable bonds is 1. The number of aromatic nitrogens is 2. The van der Waals surface area contributed by atoms with Crippen LogP contribution in [0, 0.1) is 11.7 Å². The normalized spacial score (nSPS) is 12.0. The van der Waals surface area contributed by atoms with Gasteiger partial charge in [-0.1, -0.05) is 18.2 Å². The van der Waals surface area contributed by atoms with Gasteiger partial charge in [0, 0.05) is 0 Å². The van der Waals surface area contributed by atoms with Crippen molar-refractivity contribution in [2.24, 2.45) is 0 Å². The van der Waals surface area contributed by atoms with E-state index in [2.05, 4.69) is 4.98 Å². The molecule has 0 fully saturated rings. The Bertz CT molecular complexity index is 874. The van der Waals surface area contributed by atoms with Crippen LogP contribution in [-0.2, 0) is 6.18 Å². The van der Waals surface area contributed by atoms with Crippen molar-refractivity contribution in [3.63, 3.8) is 0 Å². The molecule has 0 saturated heterocycles. The average molecular weight is 308 g/mol. The number of benzene rings is 2. The molecule has 0 aliphatic rings. The zero-order valence-corrected chi connectivity index (χ0v) is 11.8. The molecule has 21 heavy (non-hydrogen) atoms. The van der Waals surface area contributed by atoms with E-state index in [0.717, 1.165) is 28.7 Å². The molecule has 1 N–H and O–H groups in total. The Labute approximate surface area is 123 Å². The molecule has 0 spiro atoms. The number of para-hydroxylation sites is 2. The highest BCUT2D eigenvalue weighted by Gasteiger charge is 2.31. The van der Waals surface area contributed by atoms with Crippen LogP contribution in [-0.4, -0.2) is 9.55 Å². The van der Waals surface area contributed by atoms with Crippen LogP contribution in [0.3, 0.4) is 0 Å².